The average molecular weight is 308 g/mol. The van der Waals surface area contributed by atoms with Crippen molar-refractivity contribution >= 4 is 11.3 Å². The third-order valence-corrected chi connectivity index (χ3v) is 6.16. The van der Waals surface area contributed by atoms with Crippen LogP contribution in [0.1, 0.15) is 55.3 Å². The van der Waals surface area contributed by atoms with Crippen molar-refractivity contribution in [2.45, 2.75) is 71.0 Å². The molecular formula is C17H29N3S. The van der Waals surface area contributed by atoms with Crippen molar-refractivity contribution in [1.29, 1.82) is 0 Å². The third kappa shape index (κ3) is 3.85. The van der Waals surface area contributed by atoms with Crippen LogP contribution in [-0.2, 0) is 6.54 Å². The highest BCUT2D eigenvalue weighted by Crippen LogP contribution is 2.29. The molecule has 0 amide bonds. The molecule has 1 N–H and O–H groups in total. The van der Waals surface area contributed by atoms with Crippen molar-refractivity contribution in [2.75, 3.05) is 13.1 Å². The average Bonchev–Trinajstić information content (AvgIpc) is 2.93. The highest BCUT2D eigenvalue weighted by molar-refractivity contribution is 7.11. The van der Waals surface area contributed by atoms with Crippen molar-refractivity contribution < 1.29 is 0 Å². The topological polar surface area (TPSA) is 28.2 Å². The van der Waals surface area contributed by atoms with Gasteiger partial charge in [0.1, 0.15) is 5.01 Å². The normalized spacial score (nSPS) is 28.9. The SMILES string of the molecule is CCC1CNC(C2CCCCC2)CN1Cc1ncc(C)s1. The molecule has 2 atom stereocenters. The molecule has 2 fully saturated rings. The van der Waals surface area contributed by atoms with E-state index in [-0.39, 0.29) is 0 Å². The molecule has 1 aliphatic carbocycles. The van der Waals surface area contributed by atoms with E-state index in [9.17, 15) is 0 Å². The Morgan fingerprint density at radius 3 is 2.81 bits per heavy atom. The first-order valence-electron chi connectivity index (χ1n) is 8.65. The van der Waals surface area contributed by atoms with E-state index < -0.39 is 0 Å². The molecule has 1 aromatic rings. The Morgan fingerprint density at radius 1 is 1.33 bits per heavy atom. The first-order chi connectivity index (χ1) is 10.3. The number of aromatic nitrogens is 1. The number of thiazole rings is 1. The summed E-state index contributed by atoms with van der Waals surface area (Å²) in [6.45, 7) is 7.88. The predicted molar refractivity (Wildman–Crippen MR) is 89.7 cm³/mol. The van der Waals surface area contributed by atoms with Crippen molar-refractivity contribution in [3.63, 3.8) is 0 Å². The highest BCUT2D eigenvalue weighted by Gasteiger charge is 2.32. The Balaban J connectivity index is 1.63. The van der Waals surface area contributed by atoms with Gasteiger partial charge in [0.15, 0.2) is 0 Å². The second kappa shape index (κ2) is 7.21. The minimum Gasteiger partial charge on any atom is -0.311 e. The molecule has 2 unspecified atom stereocenters. The molecule has 0 bridgehead atoms. The van der Waals surface area contributed by atoms with E-state index in [1.807, 2.05) is 17.5 Å². The zero-order valence-electron chi connectivity index (χ0n) is 13.5. The number of nitrogens with one attached hydrogen (secondary N) is 1. The van der Waals surface area contributed by atoms with Crippen molar-refractivity contribution in [3.05, 3.63) is 16.1 Å². The quantitative estimate of drug-likeness (QED) is 0.921. The van der Waals surface area contributed by atoms with Gasteiger partial charge in [0.25, 0.3) is 0 Å². The Morgan fingerprint density at radius 2 is 2.14 bits per heavy atom. The minimum absolute atomic E-state index is 0.675. The predicted octanol–water partition coefficient (Wildman–Crippen LogP) is 3.58. The molecule has 0 radical (unpaired) electrons. The highest BCUT2D eigenvalue weighted by atomic mass is 32.1. The van der Waals surface area contributed by atoms with Crippen LogP contribution in [-0.4, -0.2) is 35.1 Å². The molecule has 1 aromatic heterocycles. The molecular weight excluding hydrogens is 278 g/mol. The summed E-state index contributed by atoms with van der Waals surface area (Å²) >= 11 is 1.86. The van der Waals surface area contributed by atoms with E-state index in [2.05, 4.69) is 29.0 Å². The number of piperazine rings is 1. The smallest absolute Gasteiger partial charge is 0.107 e. The lowest BCUT2D eigenvalue weighted by atomic mass is 9.82. The van der Waals surface area contributed by atoms with Crippen molar-refractivity contribution in [1.82, 2.24) is 15.2 Å². The summed E-state index contributed by atoms with van der Waals surface area (Å²) in [5.74, 6) is 0.900. The molecule has 4 heteroatoms. The maximum atomic E-state index is 4.57. The van der Waals surface area contributed by atoms with Crippen molar-refractivity contribution in [3.8, 4) is 0 Å². The van der Waals surface area contributed by atoms with Gasteiger partial charge in [0.2, 0.25) is 0 Å². The maximum Gasteiger partial charge on any atom is 0.107 e. The van der Waals surface area contributed by atoms with Crippen LogP contribution in [0.4, 0.5) is 0 Å². The lowest BCUT2D eigenvalue weighted by molar-refractivity contribution is 0.0873. The van der Waals surface area contributed by atoms with Gasteiger partial charge in [0, 0.05) is 36.2 Å². The number of rotatable bonds is 4. The lowest BCUT2D eigenvalue weighted by Crippen LogP contribution is -2.58. The van der Waals surface area contributed by atoms with E-state index in [0.717, 1.165) is 19.0 Å². The van der Waals surface area contributed by atoms with Gasteiger partial charge in [-0.1, -0.05) is 26.2 Å². The van der Waals surface area contributed by atoms with Crippen LogP contribution < -0.4 is 5.32 Å². The summed E-state index contributed by atoms with van der Waals surface area (Å²) in [4.78, 5) is 8.59. The molecule has 0 aromatic carbocycles. The molecule has 3 nitrogen and oxygen atoms in total. The summed E-state index contributed by atoms with van der Waals surface area (Å²) in [6.07, 6.45) is 10.4. The van der Waals surface area contributed by atoms with E-state index >= 15 is 0 Å². The minimum atomic E-state index is 0.675. The number of hydrogen-bond acceptors (Lipinski definition) is 4. The molecule has 1 aliphatic heterocycles. The maximum absolute atomic E-state index is 4.57. The molecule has 118 valence electrons. The van der Waals surface area contributed by atoms with Gasteiger partial charge >= 0.3 is 0 Å². The summed E-state index contributed by atoms with van der Waals surface area (Å²) in [5, 5.41) is 5.14. The van der Waals surface area contributed by atoms with Crippen LogP contribution in [0.2, 0.25) is 0 Å². The molecule has 2 aliphatic rings. The zero-order chi connectivity index (χ0) is 14.7. The van der Waals surface area contributed by atoms with Crippen molar-refractivity contribution in [2.24, 2.45) is 5.92 Å². The van der Waals surface area contributed by atoms with Gasteiger partial charge in [-0.3, -0.25) is 4.90 Å². The Labute approximate surface area is 133 Å². The summed E-state index contributed by atoms with van der Waals surface area (Å²) in [6, 6.07) is 1.38. The van der Waals surface area contributed by atoms with E-state index in [1.54, 1.807) is 0 Å². The summed E-state index contributed by atoms with van der Waals surface area (Å²) in [7, 11) is 0. The van der Waals surface area contributed by atoms with Crippen LogP contribution in [0.5, 0.6) is 0 Å². The largest absolute Gasteiger partial charge is 0.311 e. The van der Waals surface area contributed by atoms with Gasteiger partial charge in [-0.15, -0.1) is 11.3 Å². The molecule has 21 heavy (non-hydrogen) atoms. The number of hydrogen-bond donors (Lipinski definition) is 1. The van der Waals surface area contributed by atoms with E-state index in [4.69, 9.17) is 0 Å². The lowest BCUT2D eigenvalue weighted by Gasteiger charge is -2.43. The van der Waals surface area contributed by atoms with E-state index in [1.165, 1.54) is 55.0 Å². The van der Waals surface area contributed by atoms with Gasteiger partial charge in [-0.05, 0) is 32.1 Å². The van der Waals surface area contributed by atoms with Gasteiger partial charge in [-0.2, -0.15) is 0 Å². The van der Waals surface area contributed by atoms with Gasteiger partial charge in [0.05, 0.1) is 6.54 Å². The number of nitrogens with zero attached hydrogens (tertiary/aromatic N) is 2. The summed E-state index contributed by atoms with van der Waals surface area (Å²) < 4.78 is 0. The zero-order valence-corrected chi connectivity index (χ0v) is 14.3. The molecule has 2 heterocycles. The standard InChI is InChI=1S/C17H29N3S/c1-3-15-10-18-16(14-7-5-4-6-8-14)11-20(15)12-17-19-9-13(2)21-17/h9,14-16,18H,3-8,10-12H2,1-2H3. The van der Waals surface area contributed by atoms with Crippen LogP contribution in [0, 0.1) is 12.8 Å². The van der Waals surface area contributed by atoms with E-state index in [0.29, 0.717) is 12.1 Å². The first kappa shape index (κ1) is 15.4. The van der Waals surface area contributed by atoms with Gasteiger partial charge in [-0.25, -0.2) is 4.98 Å². The third-order valence-electron chi connectivity index (χ3n) is 5.26. The fourth-order valence-corrected chi connectivity index (χ4v) is 4.79. The molecule has 1 saturated carbocycles. The second-order valence-corrected chi connectivity index (χ2v) is 8.09. The summed E-state index contributed by atoms with van der Waals surface area (Å²) in [5.41, 5.74) is 0. The van der Waals surface area contributed by atoms with Crippen LogP contribution >= 0.6 is 11.3 Å². The fraction of sp³-hybridized carbons (Fsp3) is 0.824. The van der Waals surface area contributed by atoms with Crippen LogP contribution in [0.25, 0.3) is 0 Å². The Hall–Kier alpha value is -0.450. The van der Waals surface area contributed by atoms with Crippen LogP contribution in [0.15, 0.2) is 6.20 Å². The monoisotopic (exact) mass is 307 g/mol. The first-order valence-corrected chi connectivity index (χ1v) is 9.46. The second-order valence-electron chi connectivity index (χ2n) is 6.77. The molecule has 3 rings (SSSR count). The Kier molecular flexibility index (Phi) is 5.30. The fourth-order valence-electron chi connectivity index (χ4n) is 3.98. The van der Waals surface area contributed by atoms with Crippen LogP contribution in [0.3, 0.4) is 0 Å². The van der Waals surface area contributed by atoms with Gasteiger partial charge < -0.3 is 5.32 Å². The molecule has 1 saturated heterocycles. The Bertz CT molecular complexity index is 439. The number of aryl methyl sites for hydroxylation is 1. The molecule has 0 spiro atoms.